The Morgan fingerprint density at radius 2 is 2.62 bits per heavy atom. The van der Waals surface area contributed by atoms with Gasteiger partial charge >= 0.3 is 5.97 Å². The fourth-order valence-corrected chi connectivity index (χ4v) is 1.15. The van der Waals surface area contributed by atoms with Gasteiger partial charge in [0.2, 0.25) is 0 Å². The molecule has 5 nitrogen and oxygen atoms in total. The molecule has 1 fully saturated rings. The van der Waals surface area contributed by atoms with Crippen molar-refractivity contribution in [1.82, 2.24) is 5.43 Å². The van der Waals surface area contributed by atoms with Crippen LogP contribution in [0, 0.1) is 5.92 Å². The standard InChI is InChI=1S/C8H14N2O3/c1-6-5-13-3-2-7(6)10-9-4-8(11)12/h6,9H,2-5H2,1H3,(H,11,12)/b10-7+. The van der Waals surface area contributed by atoms with Crippen molar-refractivity contribution in [3.63, 3.8) is 0 Å². The Hall–Kier alpha value is -1.10. The molecule has 1 rings (SSSR count). The van der Waals surface area contributed by atoms with E-state index in [4.69, 9.17) is 9.84 Å². The summed E-state index contributed by atoms with van der Waals surface area (Å²) in [5.74, 6) is -0.612. The predicted octanol–water partition coefficient (Wildman–Crippen LogP) is 0.0730. The van der Waals surface area contributed by atoms with Gasteiger partial charge in [-0.1, -0.05) is 6.92 Å². The van der Waals surface area contributed by atoms with Gasteiger partial charge in [0.05, 0.1) is 13.2 Å². The minimum Gasteiger partial charge on any atom is -0.480 e. The van der Waals surface area contributed by atoms with Crippen molar-refractivity contribution in [2.24, 2.45) is 11.0 Å². The highest BCUT2D eigenvalue weighted by Gasteiger charge is 2.15. The van der Waals surface area contributed by atoms with Crippen LogP contribution in [0.3, 0.4) is 0 Å². The quantitative estimate of drug-likeness (QED) is 0.612. The summed E-state index contributed by atoms with van der Waals surface area (Å²) in [6.45, 7) is 3.24. The number of hydrogen-bond acceptors (Lipinski definition) is 4. The highest BCUT2D eigenvalue weighted by atomic mass is 16.5. The minimum atomic E-state index is -0.899. The zero-order chi connectivity index (χ0) is 9.68. The monoisotopic (exact) mass is 186 g/mol. The van der Waals surface area contributed by atoms with E-state index in [0.717, 1.165) is 12.1 Å². The zero-order valence-corrected chi connectivity index (χ0v) is 7.62. The average Bonchev–Trinajstić information content (AvgIpc) is 2.08. The molecule has 1 heterocycles. The Balaban J connectivity index is 2.35. The van der Waals surface area contributed by atoms with Crippen molar-refractivity contribution < 1.29 is 14.6 Å². The number of hydrazone groups is 1. The van der Waals surface area contributed by atoms with Crippen molar-refractivity contribution >= 4 is 11.7 Å². The summed E-state index contributed by atoms with van der Waals surface area (Å²) in [5, 5.41) is 12.4. The van der Waals surface area contributed by atoms with Crippen LogP contribution in [0.5, 0.6) is 0 Å². The molecular formula is C8H14N2O3. The van der Waals surface area contributed by atoms with Gasteiger partial charge in [0.1, 0.15) is 6.54 Å². The molecule has 1 unspecified atom stereocenters. The van der Waals surface area contributed by atoms with Gasteiger partial charge < -0.3 is 9.84 Å². The van der Waals surface area contributed by atoms with Crippen molar-refractivity contribution in [2.75, 3.05) is 19.8 Å². The van der Waals surface area contributed by atoms with Crippen LogP contribution < -0.4 is 5.43 Å². The van der Waals surface area contributed by atoms with E-state index >= 15 is 0 Å². The number of carboxylic acids is 1. The van der Waals surface area contributed by atoms with Crippen LogP contribution in [0.2, 0.25) is 0 Å². The normalized spacial score (nSPS) is 25.9. The summed E-state index contributed by atoms with van der Waals surface area (Å²) >= 11 is 0. The zero-order valence-electron chi connectivity index (χ0n) is 7.62. The highest BCUT2D eigenvalue weighted by Crippen LogP contribution is 2.09. The SMILES string of the molecule is CC1COCC/C1=N\NCC(=O)O. The Morgan fingerprint density at radius 3 is 3.23 bits per heavy atom. The first-order valence-electron chi connectivity index (χ1n) is 4.29. The van der Waals surface area contributed by atoms with Crippen molar-refractivity contribution in [2.45, 2.75) is 13.3 Å². The third-order valence-corrected chi connectivity index (χ3v) is 1.89. The molecule has 0 amide bonds. The summed E-state index contributed by atoms with van der Waals surface area (Å²) in [6, 6.07) is 0. The lowest BCUT2D eigenvalue weighted by atomic mass is 10.0. The van der Waals surface area contributed by atoms with E-state index in [2.05, 4.69) is 10.5 Å². The first kappa shape index (κ1) is 9.98. The van der Waals surface area contributed by atoms with Gasteiger partial charge in [-0.2, -0.15) is 5.10 Å². The lowest BCUT2D eigenvalue weighted by Crippen LogP contribution is -2.28. The molecule has 0 bridgehead atoms. The van der Waals surface area contributed by atoms with Gasteiger partial charge in [-0.25, -0.2) is 0 Å². The van der Waals surface area contributed by atoms with E-state index in [0.29, 0.717) is 13.2 Å². The summed E-state index contributed by atoms with van der Waals surface area (Å²) < 4.78 is 5.21. The molecular weight excluding hydrogens is 172 g/mol. The summed E-state index contributed by atoms with van der Waals surface area (Å²) in [5.41, 5.74) is 3.51. The molecule has 0 aliphatic carbocycles. The van der Waals surface area contributed by atoms with E-state index in [1.165, 1.54) is 0 Å². The van der Waals surface area contributed by atoms with E-state index < -0.39 is 5.97 Å². The Morgan fingerprint density at radius 1 is 1.85 bits per heavy atom. The number of ether oxygens (including phenoxy) is 1. The molecule has 13 heavy (non-hydrogen) atoms. The van der Waals surface area contributed by atoms with Gasteiger partial charge in [0.25, 0.3) is 0 Å². The largest absolute Gasteiger partial charge is 0.480 e. The maximum atomic E-state index is 10.2. The molecule has 0 aromatic heterocycles. The highest BCUT2D eigenvalue weighted by molar-refractivity contribution is 5.87. The Labute approximate surface area is 76.8 Å². The number of nitrogens with zero attached hydrogens (tertiary/aromatic N) is 1. The molecule has 0 aromatic rings. The number of hydrogen-bond donors (Lipinski definition) is 2. The smallest absolute Gasteiger partial charge is 0.324 e. The molecule has 5 heteroatoms. The molecule has 0 aromatic carbocycles. The lowest BCUT2D eigenvalue weighted by molar-refractivity contribution is -0.135. The van der Waals surface area contributed by atoms with E-state index in [1.54, 1.807) is 0 Å². The van der Waals surface area contributed by atoms with Crippen molar-refractivity contribution in [3.05, 3.63) is 0 Å². The third kappa shape index (κ3) is 3.42. The molecule has 1 saturated heterocycles. The maximum Gasteiger partial charge on any atom is 0.324 e. The first-order valence-corrected chi connectivity index (χ1v) is 4.29. The topological polar surface area (TPSA) is 70.9 Å². The Bertz CT molecular complexity index is 215. The summed E-state index contributed by atoms with van der Waals surface area (Å²) in [4.78, 5) is 10.2. The molecule has 0 spiro atoms. The number of carbonyl (C=O) groups is 1. The van der Waals surface area contributed by atoms with Crippen LogP contribution in [-0.4, -0.2) is 36.5 Å². The van der Waals surface area contributed by atoms with Gasteiger partial charge in [0, 0.05) is 18.1 Å². The van der Waals surface area contributed by atoms with Crippen LogP contribution in [-0.2, 0) is 9.53 Å². The predicted molar refractivity (Wildman–Crippen MR) is 47.7 cm³/mol. The molecule has 0 radical (unpaired) electrons. The first-order chi connectivity index (χ1) is 6.20. The van der Waals surface area contributed by atoms with Crippen LogP contribution >= 0.6 is 0 Å². The second-order valence-corrected chi connectivity index (χ2v) is 3.06. The molecule has 1 aliphatic heterocycles. The van der Waals surface area contributed by atoms with Gasteiger partial charge in [0.15, 0.2) is 0 Å². The number of nitrogens with one attached hydrogen (secondary N) is 1. The van der Waals surface area contributed by atoms with Gasteiger partial charge in [-0.15, -0.1) is 0 Å². The average molecular weight is 186 g/mol. The second-order valence-electron chi connectivity index (χ2n) is 3.06. The Kier molecular flexibility index (Phi) is 3.70. The van der Waals surface area contributed by atoms with Crippen molar-refractivity contribution in [1.29, 1.82) is 0 Å². The van der Waals surface area contributed by atoms with Crippen LogP contribution in [0.4, 0.5) is 0 Å². The molecule has 74 valence electrons. The molecule has 1 aliphatic rings. The van der Waals surface area contributed by atoms with Crippen LogP contribution in [0.25, 0.3) is 0 Å². The second kappa shape index (κ2) is 4.81. The van der Waals surface area contributed by atoms with Gasteiger partial charge in [-0.05, 0) is 0 Å². The minimum absolute atomic E-state index is 0.128. The molecule has 2 N–H and O–H groups in total. The third-order valence-electron chi connectivity index (χ3n) is 1.89. The van der Waals surface area contributed by atoms with E-state index in [1.807, 2.05) is 6.92 Å². The molecule has 1 atom stereocenters. The van der Waals surface area contributed by atoms with E-state index in [9.17, 15) is 4.79 Å². The molecule has 0 saturated carbocycles. The summed E-state index contributed by atoms with van der Waals surface area (Å²) in [6.07, 6.45) is 0.786. The lowest BCUT2D eigenvalue weighted by Gasteiger charge is -2.20. The van der Waals surface area contributed by atoms with Crippen LogP contribution in [0.15, 0.2) is 5.10 Å². The number of rotatable bonds is 3. The van der Waals surface area contributed by atoms with E-state index in [-0.39, 0.29) is 12.5 Å². The van der Waals surface area contributed by atoms with Crippen molar-refractivity contribution in [3.8, 4) is 0 Å². The fraction of sp³-hybridized carbons (Fsp3) is 0.750. The summed E-state index contributed by atoms with van der Waals surface area (Å²) in [7, 11) is 0. The van der Waals surface area contributed by atoms with Gasteiger partial charge in [-0.3, -0.25) is 10.2 Å². The van der Waals surface area contributed by atoms with Crippen LogP contribution in [0.1, 0.15) is 13.3 Å². The number of carboxylic acid groups (broad SMARTS) is 1. The fourth-order valence-electron chi connectivity index (χ4n) is 1.15. The maximum absolute atomic E-state index is 10.2. The number of aliphatic carboxylic acids is 1.